The Morgan fingerprint density at radius 1 is 1.11 bits per heavy atom. The van der Waals surface area contributed by atoms with E-state index >= 15 is 0 Å². The lowest BCUT2D eigenvalue weighted by atomic mass is 9.79. The zero-order valence-corrected chi connectivity index (χ0v) is 12.8. The van der Waals surface area contributed by atoms with Crippen molar-refractivity contribution in [2.75, 3.05) is 24.3 Å². The van der Waals surface area contributed by atoms with Gasteiger partial charge in [-0.1, -0.05) is 13.8 Å². The molecule has 1 N–H and O–H groups in total. The van der Waals surface area contributed by atoms with Crippen molar-refractivity contribution in [3.8, 4) is 0 Å². The van der Waals surface area contributed by atoms with Crippen LogP contribution in [0, 0.1) is 11.8 Å². The number of rotatable bonds is 3. The predicted molar refractivity (Wildman–Crippen MR) is 78.8 cm³/mol. The van der Waals surface area contributed by atoms with E-state index in [4.69, 9.17) is 11.6 Å². The molecule has 1 aromatic rings. The molecule has 5 nitrogen and oxygen atoms in total. The summed E-state index contributed by atoms with van der Waals surface area (Å²) in [5.74, 6) is 2.70. The highest BCUT2D eigenvalue weighted by molar-refractivity contribution is 6.28. The van der Waals surface area contributed by atoms with E-state index in [9.17, 15) is 0 Å². The molecule has 0 aliphatic heterocycles. The summed E-state index contributed by atoms with van der Waals surface area (Å²) >= 11 is 5.93. The minimum Gasteiger partial charge on any atom is -0.351 e. The fourth-order valence-corrected chi connectivity index (χ4v) is 2.62. The van der Waals surface area contributed by atoms with E-state index in [1.807, 2.05) is 19.0 Å². The highest BCUT2D eigenvalue weighted by Crippen LogP contribution is 2.30. The van der Waals surface area contributed by atoms with Crippen LogP contribution in [0.25, 0.3) is 0 Å². The fraction of sp³-hybridized carbons (Fsp3) is 0.769. The Labute approximate surface area is 119 Å². The molecule has 0 bridgehead atoms. The van der Waals surface area contributed by atoms with Gasteiger partial charge in [0, 0.05) is 20.1 Å². The predicted octanol–water partition coefficient (Wildman–Crippen LogP) is 2.83. The third-order valence-electron chi connectivity index (χ3n) is 3.93. The number of anilines is 2. The number of nitrogens with one attached hydrogen (secondary N) is 1. The molecule has 0 amide bonds. The number of hydrogen-bond acceptors (Lipinski definition) is 5. The molecule has 0 spiro atoms. The molecule has 0 aromatic carbocycles. The molecule has 1 aliphatic rings. The van der Waals surface area contributed by atoms with Crippen molar-refractivity contribution in [2.45, 2.75) is 39.2 Å². The van der Waals surface area contributed by atoms with Gasteiger partial charge in [0.05, 0.1) is 0 Å². The summed E-state index contributed by atoms with van der Waals surface area (Å²) in [7, 11) is 3.78. The molecular weight excluding hydrogens is 262 g/mol. The van der Waals surface area contributed by atoms with Crippen LogP contribution in [0.15, 0.2) is 0 Å². The van der Waals surface area contributed by atoms with Crippen molar-refractivity contribution in [3.63, 3.8) is 0 Å². The monoisotopic (exact) mass is 283 g/mol. The zero-order valence-electron chi connectivity index (χ0n) is 12.0. The van der Waals surface area contributed by atoms with E-state index in [1.165, 1.54) is 6.42 Å². The minimum atomic E-state index is 0.235. The van der Waals surface area contributed by atoms with E-state index in [0.29, 0.717) is 17.9 Å². The van der Waals surface area contributed by atoms with Crippen molar-refractivity contribution < 1.29 is 0 Å². The van der Waals surface area contributed by atoms with Gasteiger partial charge in [0.15, 0.2) is 0 Å². The van der Waals surface area contributed by atoms with Crippen LogP contribution in [0.3, 0.4) is 0 Å². The lowest BCUT2D eigenvalue weighted by Gasteiger charge is -2.32. The van der Waals surface area contributed by atoms with Crippen LogP contribution < -0.4 is 10.2 Å². The van der Waals surface area contributed by atoms with Crippen molar-refractivity contribution in [1.82, 2.24) is 15.0 Å². The van der Waals surface area contributed by atoms with Gasteiger partial charge in [-0.05, 0) is 42.7 Å². The van der Waals surface area contributed by atoms with Crippen LogP contribution in [0.2, 0.25) is 5.28 Å². The second-order valence-electron chi connectivity index (χ2n) is 5.73. The Balaban J connectivity index is 2.07. The summed E-state index contributed by atoms with van der Waals surface area (Å²) in [6.07, 6.45) is 3.56. The highest BCUT2D eigenvalue weighted by atomic mass is 35.5. The maximum Gasteiger partial charge on any atom is 0.230 e. The van der Waals surface area contributed by atoms with Crippen molar-refractivity contribution in [3.05, 3.63) is 5.28 Å². The number of nitrogens with zero attached hydrogens (tertiary/aromatic N) is 4. The maximum atomic E-state index is 5.93. The standard InChI is InChI=1S/C13H22ClN5/c1-8-5-6-10(7-9(8)2)15-12-16-11(14)17-13(18-12)19(3)4/h8-10H,5-7H2,1-4H3,(H,15,16,17,18). The average molecular weight is 284 g/mol. The lowest BCUT2D eigenvalue weighted by molar-refractivity contribution is 0.260. The summed E-state index contributed by atoms with van der Waals surface area (Å²) < 4.78 is 0. The first-order valence-electron chi connectivity index (χ1n) is 6.81. The first-order valence-corrected chi connectivity index (χ1v) is 7.19. The molecule has 6 heteroatoms. The molecule has 0 saturated heterocycles. The molecule has 3 unspecified atom stereocenters. The molecule has 1 aliphatic carbocycles. The van der Waals surface area contributed by atoms with E-state index < -0.39 is 0 Å². The summed E-state index contributed by atoms with van der Waals surface area (Å²) in [4.78, 5) is 14.4. The second kappa shape index (κ2) is 5.90. The quantitative estimate of drug-likeness (QED) is 0.924. The molecule has 3 atom stereocenters. The Kier molecular flexibility index (Phi) is 4.45. The first-order chi connectivity index (χ1) is 8.95. The van der Waals surface area contributed by atoms with Gasteiger partial charge in [-0.15, -0.1) is 0 Å². The largest absolute Gasteiger partial charge is 0.351 e. The summed E-state index contributed by atoms with van der Waals surface area (Å²) in [6.45, 7) is 4.63. The van der Waals surface area contributed by atoms with E-state index in [2.05, 4.69) is 34.1 Å². The smallest absolute Gasteiger partial charge is 0.230 e. The van der Waals surface area contributed by atoms with E-state index in [0.717, 1.165) is 24.7 Å². The Morgan fingerprint density at radius 3 is 2.47 bits per heavy atom. The molecule has 2 rings (SSSR count). The lowest BCUT2D eigenvalue weighted by Crippen LogP contribution is -2.31. The average Bonchev–Trinajstić information content (AvgIpc) is 2.33. The topological polar surface area (TPSA) is 53.9 Å². The summed E-state index contributed by atoms with van der Waals surface area (Å²) in [5.41, 5.74) is 0. The van der Waals surface area contributed by atoms with Gasteiger partial charge < -0.3 is 10.2 Å². The molecule has 1 fully saturated rings. The number of halogens is 1. The van der Waals surface area contributed by atoms with E-state index in [-0.39, 0.29) is 5.28 Å². The Hall–Kier alpha value is -1.10. The molecule has 0 radical (unpaired) electrons. The van der Waals surface area contributed by atoms with Crippen LogP contribution in [0.1, 0.15) is 33.1 Å². The van der Waals surface area contributed by atoms with Crippen molar-refractivity contribution in [2.24, 2.45) is 11.8 Å². The van der Waals surface area contributed by atoms with Crippen LogP contribution >= 0.6 is 11.6 Å². The Morgan fingerprint density at radius 2 is 1.84 bits per heavy atom. The fourth-order valence-electron chi connectivity index (χ4n) is 2.47. The van der Waals surface area contributed by atoms with Crippen molar-refractivity contribution >= 4 is 23.5 Å². The van der Waals surface area contributed by atoms with Crippen LogP contribution in [-0.4, -0.2) is 35.1 Å². The van der Waals surface area contributed by atoms with Crippen LogP contribution in [0.5, 0.6) is 0 Å². The van der Waals surface area contributed by atoms with Gasteiger partial charge in [0.25, 0.3) is 0 Å². The Bertz CT molecular complexity index is 437. The van der Waals surface area contributed by atoms with Crippen LogP contribution in [-0.2, 0) is 0 Å². The first kappa shape index (κ1) is 14.3. The van der Waals surface area contributed by atoms with Crippen molar-refractivity contribution in [1.29, 1.82) is 0 Å². The number of aromatic nitrogens is 3. The van der Waals surface area contributed by atoms with Gasteiger partial charge in [-0.2, -0.15) is 15.0 Å². The maximum absolute atomic E-state index is 5.93. The third kappa shape index (κ3) is 3.69. The molecule has 106 valence electrons. The summed E-state index contributed by atoms with van der Waals surface area (Å²) in [5, 5.41) is 3.63. The van der Waals surface area contributed by atoms with Gasteiger partial charge in [0.1, 0.15) is 0 Å². The molecular formula is C13H22ClN5. The minimum absolute atomic E-state index is 0.235. The number of hydrogen-bond donors (Lipinski definition) is 1. The van der Waals surface area contributed by atoms with Gasteiger partial charge in [-0.3, -0.25) is 0 Å². The molecule has 1 aromatic heterocycles. The van der Waals surface area contributed by atoms with Gasteiger partial charge in [-0.25, -0.2) is 0 Å². The summed E-state index contributed by atoms with van der Waals surface area (Å²) in [6, 6.07) is 0.430. The normalized spacial score (nSPS) is 27.1. The van der Waals surface area contributed by atoms with E-state index in [1.54, 1.807) is 0 Å². The molecule has 1 heterocycles. The SMILES string of the molecule is CC1CCC(Nc2nc(Cl)nc(N(C)C)n2)CC1C. The molecule has 1 saturated carbocycles. The third-order valence-corrected chi connectivity index (χ3v) is 4.10. The van der Waals surface area contributed by atoms with Gasteiger partial charge in [0.2, 0.25) is 17.2 Å². The van der Waals surface area contributed by atoms with Gasteiger partial charge >= 0.3 is 0 Å². The molecule has 19 heavy (non-hydrogen) atoms. The second-order valence-corrected chi connectivity index (χ2v) is 6.07. The zero-order chi connectivity index (χ0) is 14.0. The van der Waals surface area contributed by atoms with Crippen LogP contribution in [0.4, 0.5) is 11.9 Å². The highest BCUT2D eigenvalue weighted by Gasteiger charge is 2.25.